The van der Waals surface area contributed by atoms with Crippen LogP contribution in [0.4, 0.5) is 0 Å². The molecule has 2 aliphatic heterocycles. The first-order chi connectivity index (χ1) is 13.6. The Morgan fingerprint density at radius 3 is 2.61 bits per heavy atom. The van der Waals surface area contributed by atoms with Crippen LogP contribution in [0.2, 0.25) is 0 Å². The number of morpholine rings is 1. The minimum Gasteiger partial charge on any atom is -0.381 e. The number of benzene rings is 1. The van der Waals surface area contributed by atoms with Gasteiger partial charge in [-0.05, 0) is 44.7 Å². The molecule has 2 aromatic rings. The van der Waals surface area contributed by atoms with Crippen molar-refractivity contribution in [1.82, 2.24) is 14.7 Å². The Bertz CT molecular complexity index is 812. The maximum atomic E-state index is 13.2. The summed E-state index contributed by atoms with van der Waals surface area (Å²) in [6.45, 7) is 7.42. The summed E-state index contributed by atoms with van der Waals surface area (Å²) in [7, 11) is 0. The van der Waals surface area contributed by atoms with E-state index in [-0.39, 0.29) is 11.9 Å². The van der Waals surface area contributed by atoms with E-state index in [9.17, 15) is 4.79 Å². The third-order valence-corrected chi connectivity index (χ3v) is 5.93. The molecule has 1 aromatic heterocycles. The van der Waals surface area contributed by atoms with Gasteiger partial charge in [0.25, 0.3) is 0 Å². The minimum atomic E-state index is -0.0708. The van der Waals surface area contributed by atoms with Gasteiger partial charge in [0, 0.05) is 37.4 Å². The topological polar surface area (TPSA) is 56.6 Å². The fourth-order valence-corrected chi connectivity index (χ4v) is 4.41. The monoisotopic (exact) mass is 383 g/mol. The molecule has 2 fully saturated rings. The predicted octanol–water partition coefficient (Wildman–Crippen LogP) is 3.21. The lowest BCUT2D eigenvalue weighted by Crippen LogP contribution is -2.44. The van der Waals surface area contributed by atoms with Crippen LogP contribution >= 0.6 is 0 Å². The molecule has 0 aliphatic carbocycles. The molecular weight excluding hydrogens is 354 g/mol. The molecule has 1 unspecified atom stereocenters. The maximum Gasteiger partial charge on any atom is 0.223 e. The molecule has 0 spiro atoms. The summed E-state index contributed by atoms with van der Waals surface area (Å²) in [5, 5.41) is 4.77. The summed E-state index contributed by atoms with van der Waals surface area (Å²) in [5.41, 5.74) is 4.18. The molecule has 0 bridgehead atoms. The third kappa shape index (κ3) is 3.84. The molecule has 0 N–H and O–H groups in total. The second kappa shape index (κ2) is 8.45. The smallest absolute Gasteiger partial charge is 0.223 e. The zero-order valence-corrected chi connectivity index (χ0v) is 16.8. The van der Waals surface area contributed by atoms with Crippen molar-refractivity contribution >= 4 is 5.91 Å². The number of hydrogen-bond acceptors (Lipinski definition) is 4. The molecule has 4 rings (SSSR count). The molecule has 3 heterocycles. The second-order valence-corrected chi connectivity index (χ2v) is 7.77. The first-order valence-corrected chi connectivity index (χ1v) is 10.2. The quantitative estimate of drug-likeness (QED) is 0.814. The highest BCUT2D eigenvalue weighted by Gasteiger charge is 2.33. The van der Waals surface area contributed by atoms with E-state index in [2.05, 4.69) is 19.1 Å². The molecule has 0 radical (unpaired) electrons. The van der Waals surface area contributed by atoms with E-state index in [4.69, 9.17) is 14.6 Å². The summed E-state index contributed by atoms with van der Waals surface area (Å²) in [6, 6.07) is 10.1. The number of aromatic nitrogens is 2. The molecule has 2 aliphatic rings. The van der Waals surface area contributed by atoms with E-state index in [0.29, 0.717) is 32.1 Å². The van der Waals surface area contributed by atoms with Crippen molar-refractivity contribution < 1.29 is 14.3 Å². The van der Waals surface area contributed by atoms with Crippen molar-refractivity contribution in [3.8, 4) is 5.69 Å². The normalized spacial score (nSPS) is 21.1. The van der Waals surface area contributed by atoms with Crippen molar-refractivity contribution in [2.45, 2.75) is 39.2 Å². The zero-order valence-electron chi connectivity index (χ0n) is 16.8. The van der Waals surface area contributed by atoms with E-state index < -0.39 is 0 Å². The standard InChI is InChI=1S/C22H29N3O3/c1-16-22(17(2)25(23-16)19-6-4-3-5-7-19)20-15-28-13-10-24(20)21(26)14-18-8-11-27-12-9-18/h3-7,18,20H,8-15H2,1-2H3. The van der Waals surface area contributed by atoms with Gasteiger partial charge < -0.3 is 14.4 Å². The molecule has 0 saturated carbocycles. The number of para-hydroxylation sites is 1. The fourth-order valence-electron chi connectivity index (χ4n) is 4.41. The number of carbonyl (C=O) groups excluding carboxylic acids is 1. The van der Waals surface area contributed by atoms with E-state index >= 15 is 0 Å². The Morgan fingerprint density at radius 2 is 1.86 bits per heavy atom. The van der Waals surface area contributed by atoms with Gasteiger partial charge in [0.15, 0.2) is 0 Å². The Morgan fingerprint density at radius 1 is 1.11 bits per heavy atom. The molecule has 6 heteroatoms. The molecular formula is C22H29N3O3. The fraction of sp³-hybridized carbons (Fsp3) is 0.545. The summed E-state index contributed by atoms with van der Waals surface area (Å²) in [5.74, 6) is 0.658. The first-order valence-electron chi connectivity index (χ1n) is 10.2. The Hall–Kier alpha value is -2.18. The van der Waals surface area contributed by atoms with Crippen molar-refractivity contribution in [1.29, 1.82) is 0 Å². The Balaban J connectivity index is 1.59. The number of rotatable bonds is 4. The molecule has 1 aromatic carbocycles. The van der Waals surface area contributed by atoms with E-state index in [0.717, 1.165) is 48.7 Å². The van der Waals surface area contributed by atoms with E-state index in [1.807, 2.05) is 34.7 Å². The molecule has 2 saturated heterocycles. The third-order valence-electron chi connectivity index (χ3n) is 5.93. The molecule has 28 heavy (non-hydrogen) atoms. The van der Waals surface area contributed by atoms with Crippen LogP contribution in [0.1, 0.15) is 42.3 Å². The van der Waals surface area contributed by atoms with Gasteiger partial charge in [-0.2, -0.15) is 5.10 Å². The highest BCUT2D eigenvalue weighted by atomic mass is 16.5. The summed E-state index contributed by atoms with van der Waals surface area (Å²) < 4.78 is 13.2. The van der Waals surface area contributed by atoms with Crippen LogP contribution in [-0.2, 0) is 14.3 Å². The minimum absolute atomic E-state index is 0.0708. The van der Waals surface area contributed by atoms with Gasteiger partial charge in [0.05, 0.1) is 30.6 Å². The zero-order chi connectivity index (χ0) is 19.5. The van der Waals surface area contributed by atoms with Crippen LogP contribution < -0.4 is 0 Å². The number of nitrogens with zero attached hydrogens (tertiary/aromatic N) is 3. The van der Waals surface area contributed by atoms with Crippen molar-refractivity contribution in [2.24, 2.45) is 5.92 Å². The van der Waals surface area contributed by atoms with Crippen LogP contribution in [0.3, 0.4) is 0 Å². The lowest BCUT2D eigenvalue weighted by molar-refractivity contribution is -0.142. The largest absolute Gasteiger partial charge is 0.381 e. The number of carbonyl (C=O) groups is 1. The summed E-state index contributed by atoms with van der Waals surface area (Å²) >= 11 is 0. The summed E-state index contributed by atoms with van der Waals surface area (Å²) in [4.78, 5) is 15.2. The van der Waals surface area contributed by atoms with Gasteiger partial charge in [-0.25, -0.2) is 4.68 Å². The van der Waals surface area contributed by atoms with Crippen LogP contribution in [0, 0.1) is 19.8 Å². The van der Waals surface area contributed by atoms with Crippen molar-refractivity contribution in [3.05, 3.63) is 47.3 Å². The van der Waals surface area contributed by atoms with Crippen LogP contribution in [0.5, 0.6) is 0 Å². The summed E-state index contributed by atoms with van der Waals surface area (Å²) in [6.07, 6.45) is 2.56. The number of hydrogen-bond donors (Lipinski definition) is 0. The van der Waals surface area contributed by atoms with Gasteiger partial charge in [-0.1, -0.05) is 18.2 Å². The second-order valence-electron chi connectivity index (χ2n) is 7.77. The highest BCUT2D eigenvalue weighted by Crippen LogP contribution is 2.32. The SMILES string of the molecule is Cc1nn(-c2ccccc2)c(C)c1C1COCCN1C(=O)CC1CCOCC1. The van der Waals surface area contributed by atoms with Crippen molar-refractivity contribution in [3.63, 3.8) is 0 Å². The maximum absolute atomic E-state index is 13.2. The Labute approximate surface area is 166 Å². The van der Waals surface area contributed by atoms with E-state index in [1.54, 1.807) is 0 Å². The molecule has 150 valence electrons. The number of aryl methyl sites for hydroxylation is 1. The van der Waals surface area contributed by atoms with Gasteiger partial charge in [0.2, 0.25) is 5.91 Å². The predicted molar refractivity (Wildman–Crippen MR) is 106 cm³/mol. The van der Waals surface area contributed by atoms with Gasteiger partial charge in [0.1, 0.15) is 0 Å². The van der Waals surface area contributed by atoms with Crippen molar-refractivity contribution in [2.75, 3.05) is 33.0 Å². The molecule has 1 atom stereocenters. The molecule has 6 nitrogen and oxygen atoms in total. The van der Waals surface area contributed by atoms with Gasteiger partial charge >= 0.3 is 0 Å². The lowest BCUT2D eigenvalue weighted by atomic mass is 9.94. The molecule has 1 amide bonds. The van der Waals surface area contributed by atoms with Crippen LogP contribution in [0.15, 0.2) is 30.3 Å². The van der Waals surface area contributed by atoms with Crippen LogP contribution in [0.25, 0.3) is 5.69 Å². The lowest BCUT2D eigenvalue weighted by Gasteiger charge is -2.37. The van der Waals surface area contributed by atoms with E-state index in [1.165, 1.54) is 0 Å². The van der Waals surface area contributed by atoms with Gasteiger partial charge in [-0.15, -0.1) is 0 Å². The average molecular weight is 383 g/mol. The first kappa shape index (κ1) is 19.2. The highest BCUT2D eigenvalue weighted by molar-refractivity contribution is 5.77. The average Bonchev–Trinajstić information content (AvgIpc) is 3.03. The van der Waals surface area contributed by atoms with Gasteiger partial charge in [-0.3, -0.25) is 4.79 Å². The van der Waals surface area contributed by atoms with Crippen LogP contribution in [-0.4, -0.2) is 53.6 Å². The Kier molecular flexibility index (Phi) is 5.78. The number of amides is 1. The number of ether oxygens (including phenoxy) is 2.